The first-order valence-electron chi connectivity index (χ1n) is 11.1. The van der Waals surface area contributed by atoms with Gasteiger partial charge in [-0.05, 0) is 43.9 Å². The molecule has 7 nitrogen and oxygen atoms in total. The molecule has 162 valence electrons. The molecular formula is C23H32N4O3. The highest BCUT2D eigenvalue weighted by atomic mass is 16.2. The summed E-state index contributed by atoms with van der Waals surface area (Å²) in [6, 6.07) is 6.15. The lowest BCUT2D eigenvalue weighted by atomic mass is 10.0. The molecule has 3 aliphatic heterocycles. The Bertz CT molecular complexity index is 845. The molecule has 1 aromatic carbocycles. The van der Waals surface area contributed by atoms with Crippen molar-refractivity contribution in [2.75, 3.05) is 32.7 Å². The molecule has 0 spiro atoms. The summed E-state index contributed by atoms with van der Waals surface area (Å²) in [7, 11) is 0. The van der Waals surface area contributed by atoms with E-state index in [0.29, 0.717) is 38.8 Å². The number of hydrogen-bond donors (Lipinski definition) is 0. The molecule has 2 fully saturated rings. The lowest BCUT2D eigenvalue weighted by molar-refractivity contribution is -0.143. The SMILES string of the molecule is CC(=O)N1CCCC1C(=O)N1CCN(C(=O)c2cccc3c2CN(C(C)C)C3)CC1. The highest BCUT2D eigenvalue weighted by Crippen LogP contribution is 2.28. The van der Waals surface area contributed by atoms with Crippen LogP contribution in [0.4, 0.5) is 0 Å². The summed E-state index contributed by atoms with van der Waals surface area (Å²) in [5.74, 6) is 0.0619. The lowest BCUT2D eigenvalue weighted by Gasteiger charge is -2.37. The molecule has 1 unspecified atom stereocenters. The van der Waals surface area contributed by atoms with Crippen molar-refractivity contribution in [3.05, 3.63) is 34.9 Å². The van der Waals surface area contributed by atoms with E-state index in [1.807, 2.05) is 21.9 Å². The molecule has 3 aliphatic rings. The van der Waals surface area contributed by atoms with Crippen molar-refractivity contribution in [2.24, 2.45) is 0 Å². The van der Waals surface area contributed by atoms with E-state index in [-0.39, 0.29) is 23.8 Å². The largest absolute Gasteiger partial charge is 0.337 e. The second-order valence-electron chi connectivity index (χ2n) is 8.93. The number of benzene rings is 1. The molecule has 3 heterocycles. The molecule has 7 heteroatoms. The first kappa shape index (κ1) is 20.8. The van der Waals surface area contributed by atoms with Crippen molar-refractivity contribution in [2.45, 2.75) is 58.8 Å². The van der Waals surface area contributed by atoms with Gasteiger partial charge >= 0.3 is 0 Å². The fourth-order valence-corrected chi connectivity index (χ4v) is 4.92. The van der Waals surface area contributed by atoms with Crippen LogP contribution >= 0.6 is 0 Å². The first-order chi connectivity index (χ1) is 14.4. The van der Waals surface area contributed by atoms with E-state index in [2.05, 4.69) is 24.8 Å². The van der Waals surface area contributed by atoms with Crippen LogP contribution in [0.25, 0.3) is 0 Å². The molecule has 3 amide bonds. The van der Waals surface area contributed by atoms with E-state index in [4.69, 9.17) is 0 Å². The Morgan fingerprint density at radius 3 is 2.33 bits per heavy atom. The second-order valence-corrected chi connectivity index (χ2v) is 8.93. The summed E-state index contributed by atoms with van der Waals surface area (Å²) in [6.07, 6.45) is 1.61. The van der Waals surface area contributed by atoms with Crippen LogP contribution in [0.3, 0.4) is 0 Å². The first-order valence-corrected chi connectivity index (χ1v) is 11.1. The second kappa shape index (κ2) is 8.38. The van der Waals surface area contributed by atoms with Crippen LogP contribution in [0.15, 0.2) is 18.2 Å². The fourth-order valence-electron chi connectivity index (χ4n) is 4.92. The molecule has 0 aromatic heterocycles. The molecular weight excluding hydrogens is 380 g/mol. The summed E-state index contributed by atoms with van der Waals surface area (Å²) >= 11 is 0. The summed E-state index contributed by atoms with van der Waals surface area (Å²) in [5, 5.41) is 0. The third-order valence-corrected chi connectivity index (χ3v) is 6.79. The van der Waals surface area contributed by atoms with Crippen LogP contribution < -0.4 is 0 Å². The van der Waals surface area contributed by atoms with Crippen molar-refractivity contribution in [3.8, 4) is 0 Å². The van der Waals surface area contributed by atoms with Gasteiger partial charge in [0.1, 0.15) is 6.04 Å². The van der Waals surface area contributed by atoms with Crippen molar-refractivity contribution >= 4 is 17.7 Å². The summed E-state index contributed by atoms with van der Waals surface area (Å²) in [4.78, 5) is 45.8. The highest BCUT2D eigenvalue weighted by Gasteiger charge is 2.37. The van der Waals surface area contributed by atoms with E-state index in [1.54, 1.807) is 4.90 Å². The fraction of sp³-hybridized carbons (Fsp3) is 0.609. The third-order valence-electron chi connectivity index (χ3n) is 6.79. The normalized spacial score (nSPS) is 22.0. The predicted octanol–water partition coefficient (Wildman–Crippen LogP) is 1.71. The van der Waals surface area contributed by atoms with Gasteiger partial charge < -0.3 is 14.7 Å². The van der Waals surface area contributed by atoms with Crippen molar-refractivity contribution < 1.29 is 14.4 Å². The molecule has 1 aromatic rings. The Hall–Kier alpha value is -2.41. The van der Waals surface area contributed by atoms with E-state index in [9.17, 15) is 14.4 Å². The predicted molar refractivity (Wildman–Crippen MR) is 114 cm³/mol. The van der Waals surface area contributed by atoms with Crippen molar-refractivity contribution in [1.29, 1.82) is 0 Å². The zero-order chi connectivity index (χ0) is 21.4. The molecule has 30 heavy (non-hydrogen) atoms. The maximum Gasteiger partial charge on any atom is 0.254 e. The lowest BCUT2D eigenvalue weighted by Crippen LogP contribution is -2.55. The zero-order valence-corrected chi connectivity index (χ0v) is 18.3. The number of likely N-dealkylation sites (tertiary alicyclic amines) is 1. The number of rotatable bonds is 3. The minimum Gasteiger partial charge on any atom is -0.337 e. The number of fused-ring (bicyclic) bond motifs is 1. The average molecular weight is 413 g/mol. The van der Waals surface area contributed by atoms with Crippen LogP contribution in [-0.2, 0) is 22.7 Å². The van der Waals surface area contributed by atoms with E-state index in [1.165, 1.54) is 12.5 Å². The quantitative estimate of drug-likeness (QED) is 0.758. The Morgan fingerprint density at radius 1 is 0.967 bits per heavy atom. The third kappa shape index (κ3) is 3.83. The van der Waals surface area contributed by atoms with Crippen LogP contribution in [-0.4, -0.2) is 82.1 Å². The number of piperazine rings is 1. The number of hydrogen-bond acceptors (Lipinski definition) is 4. The number of carbonyl (C=O) groups excluding carboxylic acids is 3. The van der Waals surface area contributed by atoms with Gasteiger partial charge in [-0.2, -0.15) is 0 Å². The average Bonchev–Trinajstić information content (AvgIpc) is 3.40. The topological polar surface area (TPSA) is 64.2 Å². The molecule has 0 aliphatic carbocycles. The summed E-state index contributed by atoms with van der Waals surface area (Å²) in [5.41, 5.74) is 3.20. The van der Waals surface area contributed by atoms with E-state index < -0.39 is 0 Å². The number of nitrogens with zero attached hydrogens (tertiary/aromatic N) is 4. The Morgan fingerprint density at radius 2 is 1.67 bits per heavy atom. The Labute approximate surface area is 178 Å². The smallest absolute Gasteiger partial charge is 0.254 e. The van der Waals surface area contributed by atoms with Crippen LogP contribution in [0, 0.1) is 0 Å². The van der Waals surface area contributed by atoms with Crippen molar-refractivity contribution in [1.82, 2.24) is 19.6 Å². The minimum atomic E-state index is -0.329. The monoisotopic (exact) mass is 412 g/mol. The van der Waals surface area contributed by atoms with Gasteiger partial charge in [0, 0.05) is 64.3 Å². The van der Waals surface area contributed by atoms with E-state index in [0.717, 1.165) is 37.1 Å². The van der Waals surface area contributed by atoms with Gasteiger partial charge in [-0.25, -0.2) is 0 Å². The molecule has 4 rings (SSSR count). The molecule has 0 N–H and O–H groups in total. The van der Waals surface area contributed by atoms with Gasteiger partial charge in [0.2, 0.25) is 11.8 Å². The van der Waals surface area contributed by atoms with Crippen LogP contribution in [0.1, 0.15) is 55.1 Å². The van der Waals surface area contributed by atoms with Crippen LogP contribution in [0.5, 0.6) is 0 Å². The van der Waals surface area contributed by atoms with Gasteiger partial charge in [0.15, 0.2) is 0 Å². The van der Waals surface area contributed by atoms with Gasteiger partial charge in [0.25, 0.3) is 5.91 Å². The molecule has 0 saturated carbocycles. The summed E-state index contributed by atoms with van der Waals surface area (Å²) in [6.45, 7) is 10.4. The molecule has 0 bridgehead atoms. The van der Waals surface area contributed by atoms with Gasteiger partial charge in [-0.3, -0.25) is 19.3 Å². The minimum absolute atomic E-state index is 0.0305. The maximum absolute atomic E-state index is 13.3. The zero-order valence-electron chi connectivity index (χ0n) is 18.3. The van der Waals surface area contributed by atoms with Crippen LogP contribution in [0.2, 0.25) is 0 Å². The highest BCUT2D eigenvalue weighted by molar-refractivity contribution is 5.96. The Balaban J connectivity index is 1.40. The summed E-state index contributed by atoms with van der Waals surface area (Å²) < 4.78 is 0. The molecule has 2 saturated heterocycles. The van der Waals surface area contributed by atoms with Gasteiger partial charge in [-0.15, -0.1) is 0 Å². The molecule has 1 atom stereocenters. The van der Waals surface area contributed by atoms with E-state index >= 15 is 0 Å². The van der Waals surface area contributed by atoms with Crippen molar-refractivity contribution in [3.63, 3.8) is 0 Å². The molecule has 0 radical (unpaired) electrons. The maximum atomic E-state index is 13.3. The van der Waals surface area contributed by atoms with Gasteiger partial charge in [0.05, 0.1) is 0 Å². The Kier molecular flexibility index (Phi) is 5.82. The standard InChI is InChI=1S/C23H32N4O3/c1-16(2)26-14-18-6-4-7-19(20(18)15-26)22(29)24-10-12-25(13-11-24)23(30)21-8-5-9-27(21)17(3)28/h4,6-7,16,21H,5,8-15H2,1-3H3. The number of carbonyl (C=O) groups is 3. The number of amides is 3. The van der Waals surface area contributed by atoms with Gasteiger partial charge in [-0.1, -0.05) is 12.1 Å².